The molecule has 0 aliphatic rings. The maximum absolute atomic E-state index is 11.3. The summed E-state index contributed by atoms with van der Waals surface area (Å²) in [6.07, 6.45) is 0.449. The number of likely N-dealkylation sites (N-methyl/N-ethyl adjacent to an activating group) is 1. The molecule has 0 amide bonds. The number of ether oxygens (including phenoxy) is 1. The van der Waals surface area contributed by atoms with E-state index in [1.54, 1.807) is 19.0 Å². The van der Waals surface area contributed by atoms with Crippen molar-refractivity contribution in [3.63, 3.8) is 0 Å². The fourth-order valence-corrected chi connectivity index (χ4v) is 2.22. The predicted molar refractivity (Wildman–Crippen MR) is 86.0 cm³/mol. The molecule has 1 N–H and O–H groups in total. The van der Waals surface area contributed by atoms with Crippen molar-refractivity contribution in [2.24, 2.45) is 0 Å². The Morgan fingerprint density at radius 3 is 2.41 bits per heavy atom. The van der Waals surface area contributed by atoms with Crippen molar-refractivity contribution in [1.82, 2.24) is 4.90 Å². The number of nitrogens with zero attached hydrogens (tertiary/aromatic N) is 1. The standard InChI is InChI=1S/C18H21NO3/c1-19(2)17(18(20)21)12-15-9-6-10-16(11-15)22-13-14-7-4-3-5-8-14/h3-11,17H,12-13H2,1-2H3,(H,20,21)/t17-/m0/s1. The van der Waals surface area contributed by atoms with Crippen LogP contribution >= 0.6 is 0 Å². The molecule has 0 saturated carbocycles. The van der Waals surface area contributed by atoms with E-state index in [1.165, 1.54) is 0 Å². The third-order valence-corrected chi connectivity index (χ3v) is 3.48. The average molecular weight is 299 g/mol. The van der Waals surface area contributed by atoms with Crippen LogP contribution in [0.1, 0.15) is 11.1 Å². The van der Waals surface area contributed by atoms with E-state index in [4.69, 9.17) is 4.74 Å². The second-order valence-electron chi connectivity index (χ2n) is 5.44. The maximum Gasteiger partial charge on any atom is 0.321 e. The van der Waals surface area contributed by atoms with Gasteiger partial charge in [-0.3, -0.25) is 9.69 Å². The van der Waals surface area contributed by atoms with Crippen LogP contribution in [0.3, 0.4) is 0 Å². The van der Waals surface area contributed by atoms with Crippen molar-refractivity contribution in [3.8, 4) is 5.75 Å². The normalized spacial score (nSPS) is 12.1. The van der Waals surface area contributed by atoms with E-state index >= 15 is 0 Å². The van der Waals surface area contributed by atoms with Gasteiger partial charge in [0.1, 0.15) is 18.4 Å². The molecule has 0 fully saturated rings. The average Bonchev–Trinajstić information content (AvgIpc) is 2.51. The zero-order valence-electron chi connectivity index (χ0n) is 12.9. The lowest BCUT2D eigenvalue weighted by atomic mass is 10.1. The van der Waals surface area contributed by atoms with Gasteiger partial charge in [-0.25, -0.2) is 0 Å². The van der Waals surface area contributed by atoms with Crippen LogP contribution in [-0.2, 0) is 17.8 Å². The minimum atomic E-state index is -0.819. The van der Waals surface area contributed by atoms with E-state index < -0.39 is 12.0 Å². The lowest BCUT2D eigenvalue weighted by Crippen LogP contribution is -2.37. The Bertz CT molecular complexity index is 611. The van der Waals surface area contributed by atoms with E-state index in [9.17, 15) is 9.90 Å². The summed E-state index contributed by atoms with van der Waals surface area (Å²) in [5.74, 6) is -0.0649. The molecule has 4 heteroatoms. The summed E-state index contributed by atoms with van der Waals surface area (Å²) in [4.78, 5) is 13.0. The Labute approximate surface area is 131 Å². The Morgan fingerprint density at radius 1 is 1.09 bits per heavy atom. The molecule has 0 spiro atoms. The van der Waals surface area contributed by atoms with Gasteiger partial charge in [0.15, 0.2) is 0 Å². The summed E-state index contributed by atoms with van der Waals surface area (Å²) in [6.45, 7) is 0.500. The number of rotatable bonds is 7. The molecule has 0 unspecified atom stereocenters. The van der Waals surface area contributed by atoms with Gasteiger partial charge in [-0.1, -0.05) is 42.5 Å². The topological polar surface area (TPSA) is 49.8 Å². The molecular formula is C18H21NO3. The SMILES string of the molecule is CN(C)[C@@H](Cc1cccc(OCc2ccccc2)c1)C(=O)O. The number of carboxylic acids is 1. The Hall–Kier alpha value is -2.33. The lowest BCUT2D eigenvalue weighted by Gasteiger charge is -2.20. The molecule has 0 bridgehead atoms. The van der Waals surface area contributed by atoms with Crippen LogP contribution < -0.4 is 4.74 Å². The predicted octanol–water partition coefficient (Wildman–Crippen LogP) is 2.82. The Kier molecular flexibility index (Phi) is 5.55. The van der Waals surface area contributed by atoms with Gasteiger partial charge in [0.2, 0.25) is 0 Å². The van der Waals surface area contributed by atoms with Crippen molar-refractivity contribution < 1.29 is 14.6 Å². The van der Waals surface area contributed by atoms with Crippen LogP contribution in [0.15, 0.2) is 54.6 Å². The van der Waals surface area contributed by atoms with Crippen molar-refractivity contribution in [2.45, 2.75) is 19.1 Å². The molecule has 0 aliphatic heterocycles. The summed E-state index contributed by atoms with van der Waals surface area (Å²) < 4.78 is 5.77. The summed E-state index contributed by atoms with van der Waals surface area (Å²) in [5.41, 5.74) is 2.05. The summed E-state index contributed by atoms with van der Waals surface area (Å²) >= 11 is 0. The number of aliphatic carboxylic acids is 1. The van der Waals surface area contributed by atoms with Gasteiger partial charge in [-0.05, 0) is 43.8 Å². The molecule has 0 heterocycles. The Morgan fingerprint density at radius 2 is 1.77 bits per heavy atom. The van der Waals surface area contributed by atoms with E-state index in [1.807, 2.05) is 54.6 Å². The van der Waals surface area contributed by atoms with E-state index in [0.717, 1.165) is 16.9 Å². The third-order valence-electron chi connectivity index (χ3n) is 3.48. The molecule has 0 aliphatic carbocycles. The van der Waals surface area contributed by atoms with Crippen LogP contribution in [0, 0.1) is 0 Å². The molecule has 4 nitrogen and oxygen atoms in total. The highest BCUT2D eigenvalue weighted by atomic mass is 16.5. The largest absolute Gasteiger partial charge is 0.489 e. The van der Waals surface area contributed by atoms with Gasteiger partial charge >= 0.3 is 5.97 Å². The molecule has 22 heavy (non-hydrogen) atoms. The lowest BCUT2D eigenvalue weighted by molar-refractivity contribution is -0.142. The van der Waals surface area contributed by atoms with Crippen molar-refractivity contribution >= 4 is 5.97 Å². The molecule has 2 rings (SSSR count). The minimum Gasteiger partial charge on any atom is -0.489 e. The molecule has 2 aromatic carbocycles. The number of benzene rings is 2. The van der Waals surface area contributed by atoms with Gasteiger partial charge in [0.25, 0.3) is 0 Å². The van der Waals surface area contributed by atoms with E-state index in [-0.39, 0.29) is 0 Å². The zero-order valence-corrected chi connectivity index (χ0v) is 12.9. The Balaban J connectivity index is 2.02. The van der Waals surface area contributed by atoms with Crippen LogP contribution in [0.4, 0.5) is 0 Å². The molecule has 2 aromatic rings. The van der Waals surface area contributed by atoms with Crippen molar-refractivity contribution in [1.29, 1.82) is 0 Å². The molecule has 0 saturated heterocycles. The van der Waals surface area contributed by atoms with Crippen LogP contribution in [0.5, 0.6) is 5.75 Å². The monoisotopic (exact) mass is 299 g/mol. The van der Waals surface area contributed by atoms with Gasteiger partial charge in [0, 0.05) is 0 Å². The maximum atomic E-state index is 11.3. The highest BCUT2D eigenvalue weighted by molar-refractivity contribution is 5.73. The summed E-state index contributed by atoms with van der Waals surface area (Å²) in [7, 11) is 3.54. The first kappa shape index (κ1) is 16.0. The van der Waals surface area contributed by atoms with E-state index in [2.05, 4.69) is 0 Å². The van der Waals surface area contributed by atoms with Crippen LogP contribution in [0.2, 0.25) is 0 Å². The number of carbonyl (C=O) groups is 1. The summed E-state index contributed by atoms with van der Waals surface area (Å²) in [5, 5.41) is 9.25. The fourth-order valence-electron chi connectivity index (χ4n) is 2.22. The van der Waals surface area contributed by atoms with Gasteiger partial charge in [-0.15, -0.1) is 0 Å². The highest BCUT2D eigenvalue weighted by Crippen LogP contribution is 2.17. The zero-order chi connectivity index (χ0) is 15.9. The molecule has 1 atom stereocenters. The first-order chi connectivity index (χ1) is 10.6. The highest BCUT2D eigenvalue weighted by Gasteiger charge is 2.20. The molecule has 0 radical (unpaired) electrons. The van der Waals surface area contributed by atoms with Crippen LogP contribution in [0.25, 0.3) is 0 Å². The van der Waals surface area contributed by atoms with Gasteiger partial charge in [-0.2, -0.15) is 0 Å². The summed E-state index contributed by atoms with van der Waals surface area (Å²) in [6, 6.07) is 17.0. The van der Waals surface area contributed by atoms with E-state index in [0.29, 0.717) is 13.0 Å². The first-order valence-electron chi connectivity index (χ1n) is 7.21. The van der Waals surface area contributed by atoms with Gasteiger partial charge < -0.3 is 9.84 Å². The molecule has 0 aromatic heterocycles. The van der Waals surface area contributed by atoms with Crippen molar-refractivity contribution in [3.05, 3.63) is 65.7 Å². The molecular weight excluding hydrogens is 278 g/mol. The second kappa shape index (κ2) is 7.61. The number of hydrogen-bond donors (Lipinski definition) is 1. The second-order valence-corrected chi connectivity index (χ2v) is 5.44. The first-order valence-corrected chi connectivity index (χ1v) is 7.21. The quantitative estimate of drug-likeness (QED) is 0.854. The van der Waals surface area contributed by atoms with Gasteiger partial charge in [0.05, 0.1) is 0 Å². The fraction of sp³-hybridized carbons (Fsp3) is 0.278. The van der Waals surface area contributed by atoms with Crippen molar-refractivity contribution in [2.75, 3.05) is 14.1 Å². The number of hydrogen-bond acceptors (Lipinski definition) is 3. The number of carboxylic acid groups (broad SMARTS) is 1. The minimum absolute atomic E-state index is 0.449. The smallest absolute Gasteiger partial charge is 0.321 e. The molecule has 116 valence electrons. The van der Waals surface area contributed by atoms with Crippen LogP contribution in [-0.4, -0.2) is 36.1 Å². The third kappa shape index (κ3) is 4.60.